The van der Waals surface area contributed by atoms with E-state index < -0.39 is 0 Å². The molecule has 0 radical (unpaired) electrons. The average Bonchev–Trinajstić information content (AvgIpc) is 3.02. The van der Waals surface area contributed by atoms with Crippen LogP contribution >= 0.6 is 0 Å². The van der Waals surface area contributed by atoms with Gasteiger partial charge in [0.05, 0.1) is 0 Å². The molecule has 1 N–H and O–H groups in total. The Morgan fingerprint density at radius 2 is 1.69 bits per heavy atom. The summed E-state index contributed by atoms with van der Waals surface area (Å²) in [4.78, 5) is 2.68. The van der Waals surface area contributed by atoms with E-state index in [9.17, 15) is 0 Å². The fourth-order valence-electron chi connectivity index (χ4n) is 3.59. The molecule has 16 heavy (non-hydrogen) atoms. The standard InChI is InChI=1S/C14H26N2/c1-2-6-14(5-1)7-10-16(11-8-14)12-9-15-13-3-4-13/h13,15H,1-12H2. The summed E-state index contributed by atoms with van der Waals surface area (Å²) >= 11 is 0. The SMILES string of the molecule is C1CCC2(C1)CCN(CCNC1CC1)CC2. The van der Waals surface area contributed by atoms with Gasteiger partial charge in [0.2, 0.25) is 0 Å². The first-order chi connectivity index (χ1) is 7.86. The Hall–Kier alpha value is -0.0800. The smallest absolute Gasteiger partial charge is 0.0107 e. The predicted molar refractivity (Wildman–Crippen MR) is 67.6 cm³/mol. The van der Waals surface area contributed by atoms with Crippen molar-refractivity contribution in [1.82, 2.24) is 10.2 Å². The Kier molecular flexibility index (Phi) is 3.21. The first kappa shape index (κ1) is 11.0. The van der Waals surface area contributed by atoms with E-state index in [4.69, 9.17) is 0 Å². The quantitative estimate of drug-likeness (QED) is 0.786. The molecule has 92 valence electrons. The molecule has 2 heteroatoms. The highest BCUT2D eigenvalue weighted by molar-refractivity contribution is 4.90. The molecule has 1 heterocycles. The molecule has 3 rings (SSSR count). The Morgan fingerprint density at radius 3 is 2.31 bits per heavy atom. The third-order valence-corrected chi connectivity index (χ3v) is 5.02. The van der Waals surface area contributed by atoms with Crippen LogP contribution in [0.1, 0.15) is 51.4 Å². The summed E-state index contributed by atoms with van der Waals surface area (Å²) < 4.78 is 0. The van der Waals surface area contributed by atoms with Crippen LogP contribution in [0, 0.1) is 5.41 Å². The van der Waals surface area contributed by atoms with E-state index in [-0.39, 0.29) is 0 Å². The molecular weight excluding hydrogens is 196 g/mol. The highest BCUT2D eigenvalue weighted by atomic mass is 15.1. The average molecular weight is 222 g/mol. The first-order valence-electron chi connectivity index (χ1n) is 7.32. The maximum absolute atomic E-state index is 3.62. The lowest BCUT2D eigenvalue weighted by Crippen LogP contribution is -2.42. The minimum absolute atomic E-state index is 0.792. The normalized spacial score (nSPS) is 30.0. The molecule has 0 unspecified atom stereocenters. The van der Waals surface area contributed by atoms with E-state index in [2.05, 4.69) is 10.2 Å². The van der Waals surface area contributed by atoms with Gasteiger partial charge in [-0.2, -0.15) is 0 Å². The second kappa shape index (κ2) is 4.66. The lowest BCUT2D eigenvalue weighted by atomic mass is 9.77. The van der Waals surface area contributed by atoms with Gasteiger partial charge in [0.1, 0.15) is 0 Å². The highest BCUT2D eigenvalue weighted by Crippen LogP contribution is 2.45. The van der Waals surface area contributed by atoms with Gasteiger partial charge in [-0.25, -0.2) is 0 Å². The topological polar surface area (TPSA) is 15.3 Å². The summed E-state index contributed by atoms with van der Waals surface area (Å²) in [6.07, 6.45) is 11.9. The Morgan fingerprint density at radius 1 is 1.00 bits per heavy atom. The molecule has 1 saturated heterocycles. The van der Waals surface area contributed by atoms with Crippen molar-refractivity contribution in [2.75, 3.05) is 26.2 Å². The summed E-state index contributed by atoms with van der Waals surface area (Å²) in [5.41, 5.74) is 0.792. The van der Waals surface area contributed by atoms with Gasteiger partial charge in [-0.15, -0.1) is 0 Å². The third kappa shape index (κ3) is 2.60. The van der Waals surface area contributed by atoms with Crippen LogP contribution in [0.15, 0.2) is 0 Å². The van der Waals surface area contributed by atoms with E-state index >= 15 is 0 Å². The summed E-state index contributed by atoms with van der Waals surface area (Å²) in [6.45, 7) is 5.24. The number of nitrogens with zero attached hydrogens (tertiary/aromatic N) is 1. The molecule has 3 aliphatic rings. The van der Waals surface area contributed by atoms with E-state index in [0.29, 0.717) is 0 Å². The maximum atomic E-state index is 3.62. The molecule has 3 fully saturated rings. The Labute approximate surface area is 99.8 Å². The second-order valence-corrected chi connectivity index (χ2v) is 6.28. The summed E-state index contributed by atoms with van der Waals surface area (Å²) in [5.74, 6) is 0. The molecular formula is C14H26N2. The molecule has 0 bridgehead atoms. The minimum Gasteiger partial charge on any atom is -0.313 e. The molecule has 0 amide bonds. The van der Waals surface area contributed by atoms with E-state index in [1.807, 2.05) is 0 Å². The Balaban J connectivity index is 1.36. The van der Waals surface area contributed by atoms with Gasteiger partial charge < -0.3 is 10.2 Å². The molecule has 1 spiro atoms. The number of hydrogen-bond donors (Lipinski definition) is 1. The van der Waals surface area contributed by atoms with Crippen molar-refractivity contribution >= 4 is 0 Å². The number of rotatable bonds is 4. The number of piperidine rings is 1. The molecule has 1 aliphatic heterocycles. The Bertz CT molecular complexity index is 219. The van der Waals surface area contributed by atoms with E-state index in [1.165, 1.54) is 77.5 Å². The predicted octanol–water partition coefficient (Wildman–Crippen LogP) is 2.39. The second-order valence-electron chi connectivity index (χ2n) is 6.28. The lowest BCUT2D eigenvalue weighted by Gasteiger charge is -2.39. The van der Waals surface area contributed by atoms with Crippen LogP contribution in [0.3, 0.4) is 0 Å². The van der Waals surface area contributed by atoms with Gasteiger partial charge in [-0.3, -0.25) is 0 Å². The van der Waals surface area contributed by atoms with Gasteiger partial charge in [0, 0.05) is 19.1 Å². The van der Waals surface area contributed by atoms with Crippen molar-refractivity contribution in [2.45, 2.75) is 57.4 Å². The van der Waals surface area contributed by atoms with Crippen LogP contribution in [-0.2, 0) is 0 Å². The molecule has 2 nitrogen and oxygen atoms in total. The minimum atomic E-state index is 0.792. The summed E-state index contributed by atoms with van der Waals surface area (Å²) in [5, 5.41) is 3.62. The number of nitrogens with one attached hydrogen (secondary N) is 1. The highest BCUT2D eigenvalue weighted by Gasteiger charge is 2.36. The molecule has 2 aliphatic carbocycles. The van der Waals surface area contributed by atoms with Gasteiger partial charge in [0.25, 0.3) is 0 Å². The summed E-state index contributed by atoms with van der Waals surface area (Å²) in [7, 11) is 0. The molecule has 0 aromatic carbocycles. The molecule has 0 atom stereocenters. The van der Waals surface area contributed by atoms with Gasteiger partial charge >= 0.3 is 0 Å². The van der Waals surface area contributed by atoms with Crippen LogP contribution in [-0.4, -0.2) is 37.1 Å². The molecule has 2 saturated carbocycles. The fraction of sp³-hybridized carbons (Fsp3) is 1.00. The van der Waals surface area contributed by atoms with Crippen LogP contribution in [0.25, 0.3) is 0 Å². The van der Waals surface area contributed by atoms with Crippen LogP contribution < -0.4 is 5.32 Å². The van der Waals surface area contributed by atoms with Crippen molar-refractivity contribution in [3.05, 3.63) is 0 Å². The summed E-state index contributed by atoms with van der Waals surface area (Å²) in [6, 6.07) is 0.881. The first-order valence-corrected chi connectivity index (χ1v) is 7.32. The van der Waals surface area contributed by atoms with Crippen LogP contribution in [0.5, 0.6) is 0 Å². The van der Waals surface area contributed by atoms with E-state index in [1.54, 1.807) is 0 Å². The zero-order chi connectivity index (χ0) is 10.8. The maximum Gasteiger partial charge on any atom is 0.0107 e. The monoisotopic (exact) mass is 222 g/mol. The van der Waals surface area contributed by atoms with Gasteiger partial charge in [0.15, 0.2) is 0 Å². The van der Waals surface area contributed by atoms with Crippen molar-refractivity contribution in [3.63, 3.8) is 0 Å². The van der Waals surface area contributed by atoms with Crippen molar-refractivity contribution < 1.29 is 0 Å². The van der Waals surface area contributed by atoms with Crippen molar-refractivity contribution in [3.8, 4) is 0 Å². The van der Waals surface area contributed by atoms with Gasteiger partial charge in [-0.05, 0) is 57.0 Å². The zero-order valence-corrected chi connectivity index (χ0v) is 10.5. The lowest BCUT2D eigenvalue weighted by molar-refractivity contribution is 0.109. The largest absolute Gasteiger partial charge is 0.313 e. The van der Waals surface area contributed by atoms with Crippen LogP contribution in [0.4, 0.5) is 0 Å². The zero-order valence-electron chi connectivity index (χ0n) is 10.5. The van der Waals surface area contributed by atoms with E-state index in [0.717, 1.165) is 11.5 Å². The fourth-order valence-corrected chi connectivity index (χ4v) is 3.59. The molecule has 0 aromatic rings. The number of likely N-dealkylation sites (tertiary alicyclic amines) is 1. The van der Waals surface area contributed by atoms with Crippen molar-refractivity contribution in [2.24, 2.45) is 5.41 Å². The van der Waals surface area contributed by atoms with Crippen molar-refractivity contribution in [1.29, 1.82) is 0 Å². The van der Waals surface area contributed by atoms with Crippen LogP contribution in [0.2, 0.25) is 0 Å². The third-order valence-electron chi connectivity index (χ3n) is 5.02. The van der Waals surface area contributed by atoms with Gasteiger partial charge in [-0.1, -0.05) is 12.8 Å². The molecule has 0 aromatic heterocycles. The number of hydrogen-bond acceptors (Lipinski definition) is 2.